The van der Waals surface area contributed by atoms with Crippen LogP contribution >= 0.6 is 24.0 Å². The van der Waals surface area contributed by atoms with Crippen molar-refractivity contribution in [3.05, 3.63) is 29.8 Å². The van der Waals surface area contributed by atoms with Gasteiger partial charge < -0.3 is 19.9 Å². The molecule has 2 rings (SSSR count). The molecule has 0 amide bonds. The van der Waals surface area contributed by atoms with Crippen LogP contribution in [0.15, 0.2) is 29.3 Å². The second kappa shape index (κ2) is 10.0. The highest BCUT2D eigenvalue weighted by Gasteiger charge is 2.31. The van der Waals surface area contributed by atoms with Gasteiger partial charge in [0, 0.05) is 52.6 Å². The molecule has 1 fully saturated rings. The number of halogens is 4. The number of piperazine rings is 1. The van der Waals surface area contributed by atoms with Gasteiger partial charge in [-0.1, -0.05) is 6.07 Å². The largest absolute Gasteiger partial charge is 0.416 e. The van der Waals surface area contributed by atoms with Gasteiger partial charge in [0.05, 0.1) is 12.2 Å². The molecule has 142 valence electrons. The van der Waals surface area contributed by atoms with Gasteiger partial charge in [-0.25, -0.2) is 0 Å². The molecule has 0 saturated carbocycles. The summed E-state index contributed by atoms with van der Waals surface area (Å²) in [5.41, 5.74) is -0.00808. The smallest absolute Gasteiger partial charge is 0.383 e. The van der Waals surface area contributed by atoms with Gasteiger partial charge >= 0.3 is 6.18 Å². The van der Waals surface area contributed by atoms with Crippen LogP contribution in [-0.4, -0.2) is 64.3 Å². The van der Waals surface area contributed by atoms with Crippen molar-refractivity contribution in [1.82, 2.24) is 10.2 Å². The Labute approximate surface area is 163 Å². The Kier molecular flexibility index (Phi) is 8.77. The van der Waals surface area contributed by atoms with Gasteiger partial charge in [-0.05, 0) is 18.2 Å². The Hall–Kier alpha value is -1.23. The van der Waals surface area contributed by atoms with Gasteiger partial charge in [0.15, 0.2) is 5.96 Å². The van der Waals surface area contributed by atoms with E-state index in [4.69, 9.17) is 4.74 Å². The lowest BCUT2D eigenvalue weighted by atomic mass is 10.1. The molecule has 0 spiro atoms. The van der Waals surface area contributed by atoms with E-state index in [1.54, 1.807) is 20.2 Å². The minimum atomic E-state index is -4.31. The predicted molar refractivity (Wildman–Crippen MR) is 104 cm³/mol. The van der Waals surface area contributed by atoms with Gasteiger partial charge in [0.25, 0.3) is 0 Å². The maximum atomic E-state index is 12.8. The fraction of sp³-hybridized carbons (Fsp3) is 0.562. The first-order valence-electron chi connectivity index (χ1n) is 7.82. The third-order valence-electron chi connectivity index (χ3n) is 3.92. The number of nitrogens with zero attached hydrogens (tertiary/aromatic N) is 3. The van der Waals surface area contributed by atoms with Gasteiger partial charge in [-0.3, -0.25) is 4.99 Å². The van der Waals surface area contributed by atoms with Gasteiger partial charge in [0.1, 0.15) is 0 Å². The topological polar surface area (TPSA) is 40.1 Å². The van der Waals surface area contributed by atoms with Crippen molar-refractivity contribution in [1.29, 1.82) is 0 Å². The monoisotopic (exact) mass is 472 g/mol. The normalized spacial score (nSPS) is 15.8. The van der Waals surface area contributed by atoms with E-state index in [9.17, 15) is 13.2 Å². The average Bonchev–Trinajstić information content (AvgIpc) is 2.58. The standard InChI is InChI=1S/C16H23F3N4O.HI/c1-20-15(21-6-11-24-2)23-9-7-22(8-10-23)14-5-3-4-13(12-14)16(17,18)19;/h3-5,12H,6-11H2,1-2H3,(H,20,21);1H. The molecule has 9 heteroatoms. The first kappa shape index (κ1) is 21.8. The Morgan fingerprint density at radius 1 is 1.24 bits per heavy atom. The molecule has 0 aliphatic carbocycles. The summed E-state index contributed by atoms with van der Waals surface area (Å²) < 4.78 is 43.5. The predicted octanol–water partition coefficient (Wildman–Crippen LogP) is 2.67. The summed E-state index contributed by atoms with van der Waals surface area (Å²) in [6, 6.07) is 5.48. The summed E-state index contributed by atoms with van der Waals surface area (Å²) in [5.74, 6) is 0.788. The first-order valence-corrected chi connectivity index (χ1v) is 7.82. The molecule has 25 heavy (non-hydrogen) atoms. The summed E-state index contributed by atoms with van der Waals surface area (Å²) in [5, 5.41) is 3.21. The lowest BCUT2D eigenvalue weighted by Crippen LogP contribution is -2.53. The number of rotatable bonds is 4. The van der Waals surface area contributed by atoms with Crippen LogP contribution in [0.4, 0.5) is 18.9 Å². The molecule has 0 radical (unpaired) electrons. The van der Waals surface area contributed by atoms with Crippen LogP contribution in [0.5, 0.6) is 0 Å². The van der Waals surface area contributed by atoms with Crippen molar-refractivity contribution >= 4 is 35.6 Å². The van der Waals surface area contributed by atoms with Crippen LogP contribution in [0.25, 0.3) is 0 Å². The summed E-state index contributed by atoms with van der Waals surface area (Å²) >= 11 is 0. The zero-order valence-electron chi connectivity index (χ0n) is 14.3. The first-order chi connectivity index (χ1) is 11.5. The second-order valence-corrected chi connectivity index (χ2v) is 5.49. The number of anilines is 1. The number of aliphatic imine (C=N–C) groups is 1. The number of alkyl halides is 3. The van der Waals surface area contributed by atoms with Crippen LogP contribution in [0.1, 0.15) is 5.56 Å². The summed E-state index contributed by atoms with van der Waals surface area (Å²) in [6.45, 7) is 3.94. The molecule has 1 aliphatic rings. The number of hydrogen-bond donors (Lipinski definition) is 1. The molecule has 0 unspecified atom stereocenters. The third kappa shape index (κ3) is 6.21. The summed E-state index contributed by atoms with van der Waals surface area (Å²) in [4.78, 5) is 8.30. The van der Waals surface area contributed by atoms with Crippen molar-refractivity contribution < 1.29 is 17.9 Å². The number of nitrogens with one attached hydrogen (secondary N) is 1. The van der Waals surface area contributed by atoms with Crippen molar-refractivity contribution in [2.45, 2.75) is 6.18 Å². The molecular weight excluding hydrogens is 448 g/mol. The molecule has 1 aromatic rings. The summed E-state index contributed by atoms with van der Waals surface area (Å²) in [7, 11) is 3.35. The lowest BCUT2D eigenvalue weighted by molar-refractivity contribution is -0.137. The number of methoxy groups -OCH3 is 1. The maximum Gasteiger partial charge on any atom is 0.416 e. The maximum absolute atomic E-state index is 12.8. The van der Waals surface area contributed by atoms with E-state index in [1.165, 1.54) is 12.1 Å². The highest BCUT2D eigenvalue weighted by Crippen LogP contribution is 2.31. The molecule has 1 N–H and O–H groups in total. The molecule has 0 bridgehead atoms. The van der Waals surface area contributed by atoms with E-state index in [0.29, 0.717) is 45.0 Å². The van der Waals surface area contributed by atoms with E-state index in [-0.39, 0.29) is 24.0 Å². The van der Waals surface area contributed by atoms with E-state index in [0.717, 1.165) is 12.0 Å². The van der Waals surface area contributed by atoms with E-state index >= 15 is 0 Å². The van der Waals surface area contributed by atoms with Gasteiger partial charge in [0.2, 0.25) is 0 Å². The quantitative estimate of drug-likeness (QED) is 0.317. The van der Waals surface area contributed by atoms with Crippen LogP contribution < -0.4 is 10.2 Å². The zero-order chi connectivity index (χ0) is 17.6. The number of guanidine groups is 1. The zero-order valence-corrected chi connectivity index (χ0v) is 16.7. The lowest BCUT2D eigenvalue weighted by Gasteiger charge is -2.37. The van der Waals surface area contributed by atoms with E-state index < -0.39 is 11.7 Å². The fourth-order valence-corrected chi connectivity index (χ4v) is 2.65. The van der Waals surface area contributed by atoms with Gasteiger partial charge in [-0.15, -0.1) is 24.0 Å². The third-order valence-corrected chi connectivity index (χ3v) is 3.92. The molecule has 1 aromatic carbocycles. The second-order valence-electron chi connectivity index (χ2n) is 5.49. The molecule has 1 heterocycles. The SMILES string of the molecule is CN=C(NCCOC)N1CCN(c2cccc(C(F)(F)F)c2)CC1.I. The minimum absolute atomic E-state index is 0. The van der Waals surface area contributed by atoms with Crippen molar-refractivity contribution in [3.8, 4) is 0 Å². The van der Waals surface area contributed by atoms with Crippen LogP contribution in [0.3, 0.4) is 0 Å². The fourth-order valence-electron chi connectivity index (χ4n) is 2.65. The Balaban J connectivity index is 0.00000312. The average molecular weight is 472 g/mol. The molecule has 0 aromatic heterocycles. The van der Waals surface area contributed by atoms with Crippen LogP contribution in [0, 0.1) is 0 Å². The number of benzene rings is 1. The molecule has 1 aliphatic heterocycles. The number of hydrogen-bond acceptors (Lipinski definition) is 3. The molecule has 5 nitrogen and oxygen atoms in total. The summed E-state index contributed by atoms with van der Waals surface area (Å²) in [6.07, 6.45) is -4.31. The Morgan fingerprint density at radius 2 is 1.92 bits per heavy atom. The van der Waals surface area contributed by atoms with Gasteiger partial charge in [-0.2, -0.15) is 13.2 Å². The highest BCUT2D eigenvalue weighted by atomic mass is 127. The minimum Gasteiger partial charge on any atom is -0.383 e. The van der Waals surface area contributed by atoms with Crippen molar-refractivity contribution in [3.63, 3.8) is 0 Å². The molecule has 0 atom stereocenters. The highest BCUT2D eigenvalue weighted by molar-refractivity contribution is 14.0. The van der Waals surface area contributed by atoms with E-state index in [2.05, 4.69) is 15.2 Å². The van der Waals surface area contributed by atoms with Crippen molar-refractivity contribution in [2.24, 2.45) is 4.99 Å². The molecule has 1 saturated heterocycles. The number of ether oxygens (including phenoxy) is 1. The van der Waals surface area contributed by atoms with Crippen LogP contribution in [-0.2, 0) is 10.9 Å². The van der Waals surface area contributed by atoms with Crippen molar-refractivity contribution in [2.75, 3.05) is 58.4 Å². The Morgan fingerprint density at radius 3 is 2.48 bits per heavy atom. The molecular formula is C16H24F3IN4O. The van der Waals surface area contributed by atoms with E-state index in [1.807, 2.05) is 4.90 Å². The van der Waals surface area contributed by atoms with Crippen LogP contribution in [0.2, 0.25) is 0 Å². The Bertz CT molecular complexity index is 561.